The minimum atomic E-state index is 0.293. The van der Waals surface area contributed by atoms with Crippen LogP contribution < -0.4 is 0 Å². The molecule has 2 aromatic heterocycles. The fourth-order valence-electron chi connectivity index (χ4n) is 3.84. The van der Waals surface area contributed by atoms with Crippen LogP contribution in [0.15, 0.2) is 29.0 Å². The van der Waals surface area contributed by atoms with Gasteiger partial charge < -0.3 is 9.26 Å². The van der Waals surface area contributed by atoms with Gasteiger partial charge in [0.15, 0.2) is 0 Å². The van der Waals surface area contributed by atoms with Gasteiger partial charge >= 0.3 is 0 Å². The maximum atomic E-state index is 6.04. The third-order valence-electron chi connectivity index (χ3n) is 5.19. The van der Waals surface area contributed by atoms with E-state index in [0.717, 1.165) is 50.8 Å². The predicted molar refractivity (Wildman–Crippen MR) is 89.4 cm³/mol. The van der Waals surface area contributed by atoms with E-state index < -0.39 is 0 Å². The monoisotopic (exact) mass is 328 g/mol. The number of fused-ring (bicyclic) bond motifs is 1. The molecule has 0 radical (unpaired) electrons. The van der Waals surface area contributed by atoms with E-state index in [2.05, 4.69) is 32.1 Å². The molecule has 2 atom stereocenters. The van der Waals surface area contributed by atoms with Gasteiger partial charge in [-0.15, -0.1) is 0 Å². The molecule has 128 valence electrons. The standard InChI is InChI=1S/C18H24N4O2/c1-13-16(14(2)24-20-13)10-22-7-8-23-18-12-21(11-17(18)22)9-15-3-5-19-6-4-15/h3-6,17-18H,7-12H2,1-2H3/t17-,18+/m1/s1. The molecule has 2 saturated heterocycles. The topological polar surface area (TPSA) is 54.6 Å². The van der Waals surface area contributed by atoms with Crippen LogP contribution in [0.25, 0.3) is 0 Å². The second kappa shape index (κ2) is 6.63. The summed E-state index contributed by atoms with van der Waals surface area (Å²) in [7, 11) is 0. The Morgan fingerprint density at radius 3 is 2.75 bits per heavy atom. The molecule has 2 fully saturated rings. The number of aromatic nitrogens is 2. The quantitative estimate of drug-likeness (QED) is 0.853. The highest BCUT2D eigenvalue weighted by molar-refractivity contribution is 5.21. The Balaban J connectivity index is 1.45. The summed E-state index contributed by atoms with van der Waals surface area (Å²) >= 11 is 0. The number of nitrogens with zero attached hydrogens (tertiary/aromatic N) is 4. The summed E-state index contributed by atoms with van der Waals surface area (Å²) in [6.07, 6.45) is 4.01. The van der Waals surface area contributed by atoms with E-state index in [1.165, 1.54) is 11.1 Å². The molecule has 0 bridgehead atoms. The van der Waals surface area contributed by atoms with Crippen LogP contribution in [0.4, 0.5) is 0 Å². The van der Waals surface area contributed by atoms with Crippen LogP contribution in [0.2, 0.25) is 0 Å². The predicted octanol–water partition coefficient (Wildman–Crippen LogP) is 1.77. The SMILES string of the molecule is Cc1noc(C)c1CN1CCO[C@H]2CN(Cc3ccncc3)C[C@H]21. The molecule has 4 rings (SSSR count). The highest BCUT2D eigenvalue weighted by atomic mass is 16.5. The van der Waals surface area contributed by atoms with Crippen LogP contribution >= 0.6 is 0 Å². The lowest BCUT2D eigenvalue weighted by atomic mass is 10.1. The van der Waals surface area contributed by atoms with Crippen LogP contribution in [-0.2, 0) is 17.8 Å². The summed E-state index contributed by atoms with van der Waals surface area (Å²) in [5, 5.41) is 4.09. The van der Waals surface area contributed by atoms with Gasteiger partial charge in [-0.25, -0.2) is 0 Å². The van der Waals surface area contributed by atoms with Crippen LogP contribution in [0.5, 0.6) is 0 Å². The van der Waals surface area contributed by atoms with E-state index in [1.54, 1.807) is 0 Å². The normalized spacial score (nSPS) is 25.1. The molecule has 0 N–H and O–H groups in total. The van der Waals surface area contributed by atoms with Crippen LogP contribution in [0, 0.1) is 13.8 Å². The first kappa shape index (κ1) is 15.7. The van der Waals surface area contributed by atoms with Gasteiger partial charge in [0.05, 0.1) is 24.4 Å². The number of morpholine rings is 1. The number of pyridine rings is 1. The zero-order valence-electron chi connectivity index (χ0n) is 14.3. The second-order valence-corrected chi connectivity index (χ2v) is 6.80. The molecule has 0 aliphatic carbocycles. The van der Waals surface area contributed by atoms with Gasteiger partial charge in [0, 0.05) is 50.7 Å². The third-order valence-corrected chi connectivity index (χ3v) is 5.19. The van der Waals surface area contributed by atoms with Gasteiger partial charge in [0.1, 0.15) is 5.76 Å². The first-order valence-corrected chi connectivity index (χ1v) is 8.59. The van der Waals surface area contributed by atoms with Gasteiger partial charge in [0.25, 0.3) is 0 Å². The molecule has 0 saturated carbocycles. The Labute approximate surface area is 142 Å². The van der Waals surface area contributed by atoms with Gasteiger partial charge in [-0.3, -0.25) is 14.8 Å². The van der Waals surface area contributed by atoms with Gasteiger partial charge in [-0.2, -0.15) is 0 Å². The van der Waals surface area contributed by atoms with E-state index in [4.69, 9.17) is 9.26 Å². The molecule has 2 aromatic rings. The fourth-order valence-corrected chi connectivity index (χ4v) is 3.84. The molecule has 2 aliphatic rings. The first-order chi connectivity index (χ1) is 11.7. The number of hydrogen-bond acceptors (Lipinski definition) is 6. The average molecular weight is 328 g/mol. The Kier molecular flexibility index (Phi) is 4.35. The van der Waals surface area contributed by atoms with Crippen LogP contribution in [-0.4, -0.2) is 58.3 Å². The number of aryl methyl sites for hydroxylation is 2. The summed E-state index contributed by atoms with van der Waals surface area (Å²) < 4.78 is 11.4. The van der Waals surface area contributed by atoms with Crippen LogP contribution in [0.3, 0.4) is 0 Å². The lowest BCUT2D eigenvalue weighted by molar-refractivity contribution is -0.0506. The second-order valence-electron chi connectivity index (χ2n) is 6.80. The molecule has 0 amide bonds. The lowest BCUT2D eigenvalue weighted by Crippen LogP contribution is -2.50. The number of ether oxygens (including phenoxy) is 1. The summed E-state index contributed by atoms with van der Waals surface area (Å²) in [4.78, 5) is 9.11. The average Bonchev–Trinajstić information content (AvgIpc) is 3.14. The molecule has 6 heteroatoms. The van der Waals surface area contributed by atoms with Crippen molar-refractivity contribution in [2.75, 3.05) is 26.2 Å². The van der Waals surface area contributed by atoms with E-state index >= 15 is 0 Å². The molecule has 4 heterocycles. The Bertz CT molecular complexity index is 668. The summed E-state index contributed by atoms with van der Waals surface area (Å²) in [5.41, 5.74) is 3.53. The molecule has 24 heavy (non-hydrogen) atoms. The fraction of sp³-hybridized carbons (Fsp3) is 0.556. The van der Waals surface area contributed by atoms with Gasteiger partial charge in [-0.1, -0.05) is 5.16 Å². The lowest BCUT2D eigenvalue weighted by Gasteiger charge is -2.36. The zero-order chi connectivity index (χ0) is 16.5. The van der Waals surface area contributed by atoms with Crippen molar-refractivity contribution >= 4 is 0 Å². The molecular formula is C18H24N4O2. The zero-order valence-corrected chi connectivity index (χ0v) is 14.3. The van der Waals surface area contributed by atoms with E-state index in [1.807, 2.05) is 26.2 Å². The summed E-state index contributed by atoms with van der Waals surface area (Å²) in [6.45, 7) is 9.67. The molecule has 0 unspecified atom stereocenters. The largest absolute Gasteiger partial charge is 0.374 e. The number of rotatable bonds is 4. The van der Waals surface area contributed by atoms with E-state index in [9.17, 15) is 0 Å². The Hall–Kier alpha value is -1.76. The maximum absolute atomic E-state index is 6.04. The van der Waals surface area contributed by atoms with E-state index in [0.29, 0.717) is 12.1 Å². The minimum absolute atomic E-state index is 0.293. The Morgan fingerprint density at radius 2 is 2.00 bits per heavy atom. The van der Waals surface area contributed by atoms with Crippen molar-refractivity contribution in [2.24, 2.45) is 0 Å². The van der Waals surface area contributed by atoms with Crippen molar-refractivity contribution in [1.82, 2.24) is 19.9 Å². The summed E-state index contributed by atoms with van der Waals surface area (Å²) in [6, 6.07) is 4.61. The molecule has 6 nitrogen and oxygen atoms in total. The van der Waals surface area contributed by atoms with Crippen molar-refractivity contribution in [3.8, 4) is 0 Å². The van der Waals surface area contributed by atoms with Crippen molar-refractivity contribution in [3.05, 3.63) is 47.1 Å². The highest BCUT2D eigenvalue weighted by Gasteiger charge is 2.40. The van der Waals surface area contributed by atoms with Crippen molar-refractivity contribution in [3.63, 3.8) is 0 Å². The number of hydrogen-bond donors (Lipinski definition) is 0. The van der Waals surface area contributed by atoms with Crippen molar-refractivity contribution in [2.45, 2.75) is 39.1 Å². The van der Waals surface area contributed by atoms with Crippen LogP contribution in [0.1, 0.15) is 22.6 Å². The first-order valence-electron chi connectivity index (χ1n) is 8.59. The minimum Gasteiger partial charge on any atom is -0.374 e. The molecular weight excluding hydrogens is 304 g/mol. The van der Waals surface area contributed by atoms with Crippen molar-refractivity contribution in [1.29, 1.82) is 0 Å². The van der Waals surface area contributed by atoms with E-state index in [-0.39, 0.29) is 0 Å². The molecule has 2 aliphatic heterocycles. The molecule has 0 aromatic carbocycles. The van der Waals surface area contributed by atoms with Gasteiger partial charge in [0.2, 0.25) is 0 Å². The van der Waals surface area contributed by atoms with Crippen molar-refractivity contribution < 1.29 is 9.26 Å². The summed E-state index contributed by atoms with van der Waals surface area (Å²) in [5.74, 6) is 0.933. The Morgan fingerprint density at radius 1 is 1.17 bits per heavy atom. The number of likely N-dealkylation sites (tertiary alicyclic amines) is 1. The third kappa shape index (κ3) is 3.09. The highest BCUT2D eigenvalue weighted by Crippen LogP contribution is 2.27. The molecule has 0 spiro atoms. The smallest absolute Gasteiger partial charge is 0.138 e. The maximum Gasteiger partial charge on any atom is 0.138 e. The van der Waals surface area contributed by atoms with Gasteiger partial charge in [-0.05, 0) is 31.5 Å².